The van der Waals surface area contributed by atoms with Gasteiger partial charge < -0.3 is 20.1 Å². The number of ether oxygens (including phenoxy) is 2. The summed E-state index contributed by atoms with van der Waals surface area (Å²) in [4.78, 5) is 46.2. The zero-order valence-electron chi connectivity index (χ0n) is 19.0. The average molecular weight is 437 g/mol. The first-order chi connectivity index (χ1) is 14.9. The summed E-state index contributed by atoms with van der Waals surface area (Å²) < 4.78 is 11.6. The molecule has 1 heterocycles. The molecular formula is C22H34N3O6+. The SMILES string of the molecule is C=CC(=O)NCCOC(=O)c1cc(C(=O)OCCNC(=O)C=C)c[n+](C)c1.CC.CC. The maximum absolute atomic E-state index is 12.1. The Morgan fingerprint density at radius 1 is 0.839 bits per heavy atom. The van der Waals surface area contributed by atoms with Gasteiger partial charge in [-0.3, -0.25) is 9.59 Å². The van der Waals surface area contributed by atoms with Gasteiger partial charge in [0, 0.05) is 0 Å². The Hall–Kier alpha value is -3.49. The molecule has 0 atom stereocenters. The molecule has 172 valence electrons. The molecule has 2 amide bonds. The monoisotopic (exact) mass is 436 g/mol. The third-order valence-corrected chi connectivity index (χ3v) is 3.11. The van der Waals surface area contributed by atoms with Crippen LogP contribution in [0, 0.1) is 0 Å². The summed E-state index contributed by atoms with van der Waals surface area (Å²) in [5, 5.41) is 4.94. The van der Waals surface area contributed by atoms with Gasteiger partial charge in [-0.1, -0.05) is 40.9 Å². The molecule has 1 aromatic heterocycles. The van der Waals surface area contributed by atoms with Crippen LogP contribution in [0.15, 0.2) is 43.8 Å². The molecule has 0 unspecified atom stereocenters. The van der Waals surface area contributed by atoms with Crippen molar-refractivity contribution in [3.63, 3.8) is 0 Å². The molecule has 31 heavy (non-hydrogen) atoms. The van der Waals surface area contributed by atoms with Gasteiger partial charge in [0.1, 0.15) is 31.4 Å². The minimum atomic E-state index is -0.647. The molecule has 9 heteroatoms. The Kier molecular flexibility index (Phi) is 17.8. The van der Waals surface area contributed by atoms with E-state index in [9.17, 15) is 19.2 Å². The van der Waals surface area contributed by atoms with Crippen LogP contribution < -0.4 is 15.2 Å². The van der Waals surface area contributed by atoms with Crippen molar-refractivity contribution in [2.24, 2.45) is 7.05 Å². The molecule has 0 aliphatic heterocycles. The van der Waals surface area contributed by atoms with Gasteiger partial charge in [-0.25, -0.2) is 14.2 Å². The van der Waals surface area contributed by atoms with Crippen LogP contribution in [0.3, 0.4) is 0 Å². The zero-order valence-corrected chi connectivity index (χ0v) is 19.0. The number of nitrogens with one attached hydrogen (secondary N) is 2. The van der Waals surface area contributed by atoms with Gasteiger partial charge in [-0.15, -0.1) is 0 Å². The molecule has 0 aliphatic carbocycles. The number of carbonyl (C=O) groups excluding carboxylic acids is 4. The van der Waals surface area contributed by atoms with E-state index in [1.165, 1.54) is 23.0 Å². The maximum atomic E-state index is 12.1. The summed E-state index contributed by atoms with van der Waals surface area (Å²) in [5.41, 5.74) is 0.309. The number of hydrogen-bond acceptors (Lipinski definition) is 6. The largest absolute Gasteiger partial charge is 0.460 e. The van der Waals surface area contributed by atoms with Crippen LogP contribution in [-0.4, -0.2) is 50.1 Å². The molecule has 0 saturated heterocycles. The number of carbonyl (C=O) groups is 4. The molecule has 2 N–H and O–H groups in total. The Morgan fingerprint density at radius 3 is 1.52 bits per heavy atom. The van der Waals surface area contributed by atoms with Crippen molar-refractivity contribution in [2.45, 2.75) is 27.7 Å². The molecule has 9 nitrogen and oxygen atoms in total. The van der Waals surface area contributed by atoms with Crippen molar-refractivity contribution in [2.75, 3.05) is 26.3 Å². The highest BCUT2D eigenvalue weighted by molar-refractivity contribution is 5.94. The predicted molar refractivity (Wildman–Crippen MR) is 117 cm³/mol. The van der Waals surface area contributed by atoms with E-state index in [2.05, 4.69) is 23.8 Å². The average Bonchev–Trinajstić information content (AvgIpc) is 2.80. The smallest absolute Gasteiger partial charge is 0.344 e. The standard InChI is InChI=1S/C18H21N3O6.2C2H6/c1-4-15(22)19-6-8-26-17(24)13-10-14(12-21(3)11-13)18(25)27-9-7-20-16(23)5-2;2*1-2/h4-5,10-12H,1-2,6-9H2,3H3,(H-,19,20,22,23);2*1-2H3/p+1. The van der Waals surface area contributed by atoms with Gasteiger partial charge in [-0.05, 0) is 18.2 Å². The van der Waals surface area contributed by atoms with Crippen LogP contribution in [0.1, 0.15) is 48.4 Å². The molecular weight excluding hydrogens is 402 g/mol. The fraction of sp³-hybridized carbons (Fsp3) is 0.409. The summed E-state index contributed by atoms with van der Waals surface area (Å²) in [6.07, 6.45) is 5.21. The van der Waals surface area contributed by atoms with Crippen LogP contribution >= 0.6 is 0 Å². The first kappa shape index (κ1) is 29.7. The van der Waals surface area contributed by atoms with Gasteiger partial charge in [0.25, 0.3) is 0 Å². The first-order valence-corrected chi connectivity index (χ1v) is 10.0. The number of esters is 2. The van der Waals surface area contributed by atoms with Gasteiger partial charge >= 0.3 is 11.9 Å². The zero-order chi connectivity index (χ0) is 24.2. The van der Waals surface area contributed by atoms with Gasteiger partial charge in [0.2, 0.25) is 11.8 Å². The lowest BCUT2D eigenvalue weighted by molar-refractivity contribution is -0.671. The van der Waals surface area contributed by atoms with Crippen LogP contribution in [0.25, 0.3) is 0 Å². The van der Waals surface area contributed by atoms with E-state index >= 15 is 0 Å². The summed E-state index contributed by atoms with van der Waals surface area (Å²) in [5.74, 6) is -2.03. The summed E-state index contributed by atoms with van der Waals surface area (Å²) in [7, 11) is 1.64. The molecule has 0 bridgehead atoms. The van der Waals surface area contributed by atoms with E-state index in [1.807, 2.05) is 27.7 Å². The van der Waals surface area contributed by atoms with E-state index in [-0.39, 0.29) is 49.2 Å². The fourth-order valence-electron chi connectivity index (χ4n) is 1.89. The van der Waals surface area contributed by atoms with Crippen molar-refractivity contribution >= 4 is 23.8 Å². The second-order valence-electron chi connectivity index (χ2n) is 5.24. The summed E-state index contributed by atoms with van der Waals surface area (Å²) in [6, 6.07) is 1.34. The van der Waals surface area contributed by atoms with Crippen molar-refractivity contribution < 1.29 is 33.2 Å². The minimum absolute atomic E-state index is 0.0280. The van der Waals surface area contributed by atoms with E-state index < -0.39 is 11.9 Å². The Morgan fingerprint density at radius 2 is 1.19 bits per heavy atom. The molecule has 1 aromatic rings. The van der Waals surface area contributed by atoms with E-state index in [0.29, 0.717) is 0 Å². The van der Waals surface area contributed by atoms with Gasteiger partial charge in [-0.2, -0.15) is 0 Å². The fourth-order valence-corrected chi connectivity index (χ4v) is 1.89. The third-order valence-electron chi connectivity index (χ3n) is 3.11. The quantitative estimate of drug-likeness (QED) is 0.249. The number of hydrogen-bond donors (Lipinski definition) is 2. The number of nitrogens with zero attached hydrogens (tertiary/aromatic N) is 1. The summed E-state index contributed by atoms with van der Waals surface area (Å²) >= 11 is 0. The number of rotatable bonds is 10. The second kappa shape index (κ2) is 18.5. The van der Waals surface area contributed by atoms with Crippen LogP contribution in [0.4, 0.5) is 0 Å². The van der Waals surface area contributed by atoms with E-state index in [4.69, 9.17) is 9.47 Å². The molecule has 0 fully saturated rings. The van der Waals surface area contributed by atoms with E-state index in [0.717, 1.165) is 12.2 Å². The third kappa shape index (κ3) is 13.4. The molecule has 0 spiro atoms. The van der Waals surface area contributed by atoms with E-state index in [1.54, 1.807) is 7.05 Å². The first-order valence-electron chi connectivity index (χ1n) is 10.0. The molecule has 0 aliphatic rings. The highest BCUT2D eigenvalue weighted by Gasteiger charge is 2.18. The highest BCUT2D eigenvalue weighted by Crippen LogP contribution is 2.05. The lowest BCUT2D eigenvalue weighted by Gasteiger charge is -2.07. The number of amides is 2. The topological polar surface area (TPSA) is 115 Å². The highest BCUT2D eigenvalue weighted by atomic mass is 16.5. The van der Waals surface area contributed by atoms with Crippen LogP contribution in [-0.2, 0) is 26.1 Å². The van der Waals surface area contributed by atoms with Gasteiger partial charge in [0.15, 0.2) is 12.4 Å². The van der Waals surface area contributed by atoms with Crippen molar-refractivity contribution in [3.05, 3.63) is 54.9 Å². The lowest BCUT2D eigenvalue weighted by Crippen LogP contribution is -2.32. The molecule has 0 radical (unpaired) electrons. The Labute approximate surface area is 184 Å². The number of aromatic nitrogens is 1. The summed E-state index contributed by atoms with van der Waals surface area (Å²) in [6.45, 7) is 14.8. The predicted octanol–water partition coefficient (Wildman–Crippen LogP) is 1.48. The Balaban J connectivity index is 0. The normalized spacial score (nSPS) is 8.81. The van der Waals surface area contributed by atoms with Crippen molar-refractivity contribution in [3.8, 4) is 0 Å². The second-order valence-corrected chi connectivity index (χ2v) is 5.24. The van der Waals surface area contributed by atoms with Crippen LogP contribution in [0.5, 0.6) is 0 Å². The van der Waals surface area contributed by atoms with Gasteiger partial charge in [0.05, 0.1) is 13.1 Å². The maximum Gasteiger partial charge on any atom is 0.344 e. The molecule has 0 aromatic carbocycles. The lowest BCUT2D eigenvalue weighted by atomic mass is 10.2. The van der Waals surface area contributed by atoms with Crippen molar-refractivity contribution in [1.29, 1.82) is 0 Å². The van der Waals surface area contributed by atoms with Crippen LogP contribution in [0.2, 0.25) is 0 Å². The number of aryl methyl sites for hydroxylation is 1. The van der Waals surface area contributed by atoms with Crippen molar-refractivity contribution in [1.82, 2.24) is 10.6 Å². The minimum Gasteiger partial charge on any atom is -0.460 e. The molecule has 0 saturated carbocycles. The molecule has 1 rings (SSSR count). The Bertz CT molecular complexity index is 689. The number of pyridine rings is 1.